The van der Waals surface area contributed by atoms with E-state index in [1.807, 2.05) is 13.3 Å². The lowest BCUT2D eigenvalue weighted by atomic mass is 9.47. The summed E-state index contributed by atoms with van der Waals surface area (Å²) in [6, 6.07) is 0. The molecule has 0 radical (unpaired) electrons. The van der Waals surface area contributed by atoms with E-state index in [2.05, 4.69) is 35.7 Å². The first-order chi connectivity index (χ1) is 14.8. The fraction of sp³-hybridized carbons (Fsp3) is 0.654. The van der Waals surface area contributed by atoms with Crippen molar-refractivity contribution in [3.05, 3.63) is 35.4 Å². The number of aryl methyl sites for hydroxylation is 1. The summed E-state index contributed by atoms with van der Waals surface area (Å²) in [5.41, 5.74) is 4.84. The molecule has 4 aliphatic carbocycles. The summed E-state index contributed by atoms with van der Waals surface area (Å²) >= 11 is 0. The van der Waals surface area contributed by atoms with Gasteiger partial charge in [-0.05, 0) is 68.6 Å². The number of aldehydes is 1. The first-order valence-electron chi connectivity index (χ1n) is 11.8. The summed E-state index contributed by atoms with van der Waals surface area (Å²) in [6.45, 7) is 8.35. The maximum absolute atomic E-state index is 12.1. The molecule has 1 aromatic heterocycles. The van der Waals surface area contributed by atoms with Crippen LogP contribution in [-0.4, -0.2) is 27.9 Å². The van der Waals surface area contributed by atoms with Gasteiger partial charge in [0.2, 0.25) is 0 Å². The summed E-state index contributed by atoms with van der Waals surface area (Å²) in [7, 11) is 0. The minimum absolute atomic E-state index is 0.0151. The number of carbonyl (C=O) groups excluding carboxylic acids is 2. The molecule has 4 aliphatic rings. The van der Waals surface area contributed by atoms with Crippen LogP contribution in [0.4, 0.5) is 0 Å². The first-order valence-corrected chi connectivity index (χ1v) is 11.8. The van der Waals surface area contributed by atoms with Crippen molar-refractivity contribution in [3.63, 3.8) is 0 Å². The van der Waals surface area contributed by atoms with E-state index in [-0.39, 0.29) is 22.9 Å². The molecule has 31 heavy (non-hydrogen) atoms. The van der Waals surface area contributed by atoms with Gasteiger partial charge in [-0.25, -0.2) is 4.98 Å². The van der Waals surface area contributed by atoms with Crippen molar-refractivity contribution in [2.75, 3.05) is 0 Å². The third-order valence-corrected chi connectivity index (χ3v) is 9.18. The van der Waals surface area contributed by atoms with E-state index in [1.165, 1.54) is 24.6 Å². The maximum atomic E-state index is 12.1. The Balaban J connectivity index is 1.46. The average molecular weight is 423 g/mol. The minimum Gasteiger partial charge on any atom is -0.462 e. The molecular formula is C26H34N2O3. The highest BCUT2D eigenvalue weighted by Crippen LogP contribution is 2.66. The van der Waals surface area contributed by atoms with Crippen molar-refractivity contribution in [1.29, 1.82) is 0 Å². The summed E-state index contributed by atoms with van der Waals surface area (Å²) in [5, 5.41) is 0. The molecule has 166 valence electrons. The molecular weight excluding hydrogens is 388 g/mol. The van der Waals surface area contributed by atoms with Crippen molar-refractivity contribution in [2.45, 2.75) is 78.7 Å². The van der Waals surface area contributed by atoms with Crippen LogP contribution in [0.25, 0.3) is 5.70 Å². The van der Waals surface area contributed by atoms with Crippen molar-refractivity contribution in [2.24, 2.45) is 28.6 Å². The molecule has 0 N–H and O–H groups in total. The molecule has 5 nitrogen and oxygen atoms in total. The highest BCUT2D eigenvalue weighted by atomic mass is 16.5. The number of carbonyl (C=O) groups is 2. The molecule has 2 saturated carbocycles. The molecule has 3 unspecified atom stereocenters. The summed E-state index contributed by atoms with van der Waals surface area (Å²) in [4.78, 5) is 28.0. The topological polar surface area (TPSA) is 61.2 Å². The van der Waals surface area contributed by atoms with Crippen LogP contribution in [0.3, 0.4) is 0 Å². The van der Waals surface area contributed by atoms with E-state index >= 15 is 0 Å². The Bertz CT molecular complexity index is 989. The van der Waals surface area contributed by atoms with Crippen molar-refractivity contribution in [1.82, 2.24) is 9.55 Å². The van der Waals surface area contributed by atoms with Gasteiger partial charge in [0, 0.05) is 36.2 Å². The van der Waals surface area contributed by atoms with Crippen LogP contribution in [0.2, 0.25) is 0 Å². The van der Waals surface area contributed by atoms with Crippen LogP contribution in [0, 0.1) is 35.5 Å². The van der Waals surface area contributed by atoms with Gasteiger partial charge >= 0.3 is 5.97 Å². The average Bonchev–Trinajstić information content (AvgIpc) is 3.27. The Hall–Kier alpha value is -2.17. The number of hydrogen-bond donors (Lipinski definition) is 0. The van der Waals surface area contributed by atoms with E-state index < -0.39 is 0 Å². The van der Waals surface area contributed by atoms with Gasteiger partial charge in [-0.1, -0.05) is 25.5 Å². The number of esters is 1. The van der Waals surface area contributed by atoms with Gasteiger partial charge in [-0.3, -0.25) is 9.59 Å². The van der Waals surface area contributed by atoms with Crippen LogP contribution in [0.15, 0.2) is 29.7 Å². The molecule has 2 fully saturated rings. The highest BCUT2D eigenvalue weighted by molar-refractivity contribution is 5.86. The number of fused-ring (bicyclic) bond motifs is 5. The molecule has 0 aliphatic heterocycles. The van der Waals surface area contributed by atoms with E-state index in [0.717, 1.165) is 56.1 Å². The summed E-state index contributed by atoms with van der Waals surface area (Å²) in [6.07, 6.45) is 14.7. The second-order valence-electron chi connectivity index (χ2n) is 10.8. The smallest absolute Gasteiger partial charge is 0.302 e. The van der Waals surface area contributed by atoms with E-state index in [1.54, 1.807) is 0 Å². The first kappa shape index (κ1) is 20.7. The zero-order valence-corrected chi connectivity index (χ0v) is 19.2. The molecule has 0 spiro atoms. The number of imidazole rings is 1. The number of nitrogens with zero attached hydrogens (tertiary/aromatic N) is 2. The van der Waals surface area contributed by atoms with Gasteiger partial charge < -0.3 is 9.30 Å². The lowest BCUT2D eigenvalue weighted by Gasteiger charge is -2.57. The van der Waals surface area contributed by atoms with Crippen LogP contribution in [0.5, 0.6) is 0 Å². The lowest BCUT2D eigenvalue weighted by molar-refractivity contribution is -0.148. The number of rotatable bonds is 3. The Morgan fingerprint density at radius 2 is 1.97 bits per heavy atom. The maximum Gasteiger partial charge on any atom is 0.302 e. The Kier molecular flexibility index (Phi) is 4.80. The van der Waals surface area contributed by atoms with Gasteiger partial charge in [-0.2, -0.15) is 0 Å². The lowest BCUT2D eigenvalue weighted by Crippen LogP contribution is -2.50. The number of allylic oxidation sites excluding steroid dienone is 3. The summed E-state index contributed by atoms with van der Waals surface area (Å²) in [5.74, 6) is 1.55. The van der Waals surface area contributed by atoms with E-state index in [9.17, 15) is 9.59 Å². The third-order valence-electron chi connectivity index (χ3n) is 9.18. The third kappa shape index (κ3) is 3.07. The quantitative estimate of drug-likeness (QED) is 0.386. The van der Waals surface area contributed by atoms with Gasteiger partial charge in [-0.15, -0.1) is 0 Å². The fourth-order valence-electron chi connectivity index (χ4n) is 7.76. The van der Waals surface area contributed by atoms with Crippen molar-refractivity contribution < 1.29 is 14.3 Å². The molecule has 0 bridgehead atoms. The predicted octanol–water partition coefficient (Wildman–Crippen LogP) is 5.11. The van der Waals surface area contributed by atoms with Gasteiger partial charge in [0.15, 0.2) is 0 Å². The largest absolute Gasteiger partial charge is 0.462 e. The van der Waals surface area contributed by atoms with Crippen LogP contribution >= 0.6 is 0 Å². The standard InChI is InChI=1S/C26H34N2O3/c1-16-13-28(15-27-16)24-18(14-29)11-23-21-6-5-19-12-20(31-17(2)30)7-9-25(19,3)22(21)8-10-26(23,24)4/h5,13-15,20-23H,6-12H2,1-4H3/t20-,21?,22?,23?,25-,26-/m0/s1. The number of ether oxygens (including phenoxy) is 1. The van der Waals surface area contributed by atoms with Crippen molar-refractivity contribution >= 4 is 18.0 Å². The molecule has 0 aromatic carbocycles. The second kappa shape index (κ2) is 7.18. The monoisotopic (exact) mass is 422 g/mol. The Morgan fingerprint density at radius 3 is 2.65 bits per heavy atom. The normalized spacial score (nSPS) is 39.3. The van der Waals surface area contributed by atoms with E-state index in [4.69, 9.17) is 4.74 Å². The number of aromatic nitrogens is 2. The van der Waals surface area contributed by atoms with Crippen LogP contribution in [-0.2, 0) is 14.3 Å². The Labute approximate surface area is 184 Å². The highest BCUT2D eigenvalue weighted by Gasteiger charge is 2.58. The second-order valence-corrected chi connectivity index (χ2v) is 10.8. The minimum atomic E-state index is -0.169. The molecule has 5 heteroatoms. The molecule has 1 heterocycles. The van der Waals surface area contributed by atoms with Gasteiger partial charge in [0.05, 0.1) is 12.0 Å². The number of hydrogen-bond acceptors (Lipinski definition) is 4. The fourth-order valence-corrected chi connectivity index (χ4v) is 7.76. The Morgan fingerprint density at radius 1 is 1.19 bits per heavy atom. The van der Waals surface area contributed by atoms with Crippen molar-refractivity contribution in [3.8, 4) is 0 Å². The zero-order chi connectivity index (χ0) is 22.0. The molecule has 1 aromatic rings. The molecule has 0 saturated heterocycles. The SMILES string of the molecule is CC(=O)O[C@H]1CC[C@@]2(C)C(=CCC3C2CC[C@]2(C)C(n4cnc(C)c4)=C(C=O)CC32)C1. The predicted molar refractivity (Wildman–Crippen MR) is 119 cm³/mol. The van der Waals surface area contributed by atoms with E-state index in [0.29, 0.717) is 17.8 Å². The molecule has 0 amide bonds. The van der Waals surface area contributed by atoms with Crippen LogP contribution < -0.4 is 0 Å². The van der Waals surface area contributed by atoms with Gasteiger partial charge in [0.1, 0.15) is 12.4 Å². The molecule has 5 rings (SSSR count). The summed E-state index contributed by atoms with van der Waals surface area (Å²) < 4.78 is 7.69. The zero-order valence-electron chi connectivity index (χ0n) is 19.2. The van der Waals surface area contributed by atoms with Crippen LogP contribution in [0.1, 0.15) is 71.4 Å². The van der Waals surface area contributed by atoms with Gasteiger partial charge in [0.25, 0.3) is 0 Å². The molecule has 6 atom stereocenters.